The van der Waals surface area contributed by atoms with Gasteiger partial charge < -0.3 is 20.3 Å². The number of carbonyl (C=O) groups is 3. The third-order valence-corrected chi connectivity index (χ3v) is 4.70. The monoisotopic (exact) mass is 345 g/mol. The van der Waals surface area contributed by atoms with Crippen LogP contribution >= 0.6 is 0 Å². The molecule has 1 aromatic carbocycles. The van der Waals surface area contributed by atoms with Crippen molar-refractivity contribution in [2.45, 2.75) is 44.2 Å². The normalized spacial score (nSPS) is 24.9. The van der Waals surface area contributed by atoms with Crippen molar-refractivity contribution < 1.29 is 19.1 Å². The molecule has 3 rings (SSSR count). The summed E-state index contributed by atoms with van der Waals surface area (Å²) >= 11 is 0. The van der Waals surface area contributed by atoms with Gasteiger partial charge in [-0.3, -0.25) is 4.79 Å². The number of amides is 3. The summed E-state index contributed by atoms with van der Waals surface area (Å²) in [6.45, 7) is 5.72. The summed E-state index contributed by atoms with van der Waals surface area (Å²) < 4.78 is 4.88. The van der Waals surface area contributed by atoms with E-state index < -0.39 is 23.0 Å². The van der Waals surface area contributed by atoms with Crippen LogP contribution in [0, 0.1) is 0 Å². The average molecular weight is 345 g/mol. The standard InChI is InChI=1S/C18H23N3O4/c1-17(2,3)20-16(24)21-10-18(9-13(21)14(22)25-4)11-7-5-6-8-12(11)19-15(18)23/h5-8,13H,9-10H2,1-4H3,(H,19,23)(H,20,24)/t13-,18+/m0/s1. The van der Waals surface area contributed by atoms with Crippen molar-refractivity contribution >= 4 is 23.6 Å². The quantitative estimate of drug-likeness (QED) is 0.757. The molecule has 1 spiro atoms. The van der Waals surface area contributed by atoms with E-state index >= 15 is 0 Å². The third-order valence-electron chi connectivity index (χ3n) is 4.70. The molecule has 134 valence electrons. The van der Waals surface area contributed by atoms with Crippen molar-refractivity contribution in [2.75, 3.05) is 19.0 Å². The van der Waals surface area contributed by atoms with Crippen LogP contribution in [-0.4, -0.2) is 48.0 Å². The summed E-state index contributed by atoms with van der Waals surface area (Å²) in [5.74, 6) is -0.702. The molecular formula is C18H23N3O4. The van der Waals surface area contributed by atoms with E-state index in [0.717, 1.165) is 11.3 Å². The maximum Gasteiger partial charge on any atom is 0.328 e. The van der Waals surface area contributed by atoms with Crippen molar-refractivity contribution in [2.24, 2.45) is 0 Å². The summed E-state index contributed by atoms with van der Waals surface area (Å²) in [5.41, 5.74) is 0.169. The van der Waals surface area contributed by atoms with Gasteiger partial charge in [-0.25, -0.2) is 9.59 Å². The Morgan fingerprint density at radius 3 is 2.64 bits per heavy atom. The second-order valence-electron chi connectivity index (χ2n) is 7.63. The first-order valence-electron chi connectivity index (χ1n) is 8.25. The molecule has 2 aliphatic rings. The van der Waals surface area contributed by atoms with Gasteiger partial charge in [-0.1, -0.05) is 18.2 Å². The lowest BCUT2D eigenvalue weighted by molar-refractivity contribution is -0.145. The topological polar surface area (TPSA) is 87.7 Å². The van der Waals surface area contributed by atoms with Crippen LogP contribution in [0.5, 0.6) is 0 Å². The van der Waals surface area contributed by atoms with Crippen LogP contribution in [0.2, 0.25) is 0 Å². The van der Waals surface area contributed by atoms with Crippen molar-refractivity contribution in [3.05, 3.63) is 29.8 Å². The molecule has 0 radical (unpaired) electrons. The summed E-state index contributed by atoms with van der Waals surface area (Å²) in [5, 5.41) is 5.73. The Bertz CT molecular complexity index is 740. The van der Waals surface area contributed by atoms with E-state index in [1.807, 2.05) is 45.0 Å². The summed E-state index contributed by atoms with van der Waals surface area (Å²) in [6, 6.07) is 6.21. The molecule has 7 heteroatoms. The molecule has 1 saturated heterocycles. The molecule has 1 aromatic rings. The highest BCUT2D eigenvalue weighted by molar-refractivity contribution is 6.08. The molecule has 1 fully saturated rings. The number of ether oxygens (including phenoxy) is 1. The largest absolute Gasteiger partial charge is 0.467 e. The number of hydrogen-bond donors (Lipinski definition) is 2. The van der Waals surface area contributed by atoms with E-state index in [1.165, 1.54) is 12.0 Å². The Balaban J connectivity index is 1.99. The number of carbonyl (C=O) groups excluding carboxylic acids is 3. The fourth-order valence-corrected chi connectivity index (χ4v) is 3.59. The molecule has 3 amide bonds. The molecule has 25 heavy (non-hydrogen) atoms. The number of fused-ring (bicyclic) bond motifs is 2. The zero-order chi connectivity index (χ0) is 18.4. The Labute approximate surface area is 146 Å². The molecule has 7 nitrogen and oxygen atoms in total. The Hall–Kier alpha value is -2.57. The van der Waals surface area contributed by atoms with Gasteiger partial charge in [-0.2, -0.15) is 0 Å². The zero-order valence-electron chi connectivity index (χ0n) is 14.9. The Morgan fingerprint density at radius 2 is 2.00 bits per heavy atom. The van der Waals surface area contributed by atoms with Gasteiger partial charge in [0.1, 0.15) is 6.04 Å². The maximum atomic E-state index is 12.7. The maximum absolute atomic E-state index is 12.7. The van der Waals surface area contributed by atoms with Crippen molar-refractivity contribution in [1.82, 2.24) is 10.2 Å². The van der Waals surface area contributed by atoms with Crippen LogP contribution in [0.1, 0.15) is 32.8 Å². The van der Waals surface area contributed by atoms with Crippen LogP contribution in [0.15, 0.2) is 24.3 Å². The van der Waals surface area contributed by atoms with Crippen molar-refractivity contribution in [3.8, 4) is 0 Å². The smallest absolute Gasteiger partial charge is 0.328 e. The fraction of sp³-hybridized carbons (Fsp3) is 0.500. The minimum absolute atomic E-state index is 0.136. The first-order chi connectivity index (χ1) is 11.7. The molecule has 2 atom stereocenters. The molecule has 0 aromatic heterocycles. The second-order valence-corrected chi connectivity index (χ2v) is 7.63. The highest BCUT2D eigenvalue weighted by Crippen LogP contribution is 2.46. The van der Waals surface area contributed by atoms with Gasteiger partial charge in [0, 0.05) is 17.8 Å². The lowest BCUT2D eigenvalue weighted by Gasteiger charge is -2.29. The van der Waals surface area contributed by atoms with Crippen molar-refractivity contribution in [3.63, 3.8) is 0 Å². The first-order valence-corrected chi connectivity index (χ1v) is 8.25. The lowest BCUT2D eigenvalue weighted by Crippen LogP contribution is -2.52. The van der Waals surface area contributed by atoms with E-state index in [2.05, 4.69) is 10.6 Å². The number of rotatable bonds is 1. The van der Waals surface area contributed by atoms with E-state index in [1.54, 1.807) is 0 Å². The SMILES string of the molecule is COC(=O)[C@@H]1C[C@]2(CN1C(=O)NC(C)(C)C)C(=O)Nc1ccccc12. The molecule has 2 aliphatic heterocycles. The highest BCUT2D eigenvalue weighted by atomic mass is 16.5. The molecule has 2 heterocycles. The molecule has 2 N–H and O–H groups in total. The van der Waals surface area contributed by atoms with Gasteiger partial charge in [-0.05, 0) is 38.8 Å². The average Bonchev–Trinajstić information content (AvgIpc) is 3.06. The molecule has 0 bridgehead atoms. The van der Waals surface area contributed by atoms with Crippen LogP contribution in [-0.2, 0) is 19.7 Å². The van der Waals surface area contributed by atoms with E-state index in [4.69, 9.17) is 4.74 Å². The van der Waals surface area contributed by atoms with Gasteiger partial charge >= 0.3 is 12.0 Å². The molecule has 0 unspecified atom stereocenters. The number of nitrogens with one attached hydrogen (secondary N) is 2. The number of methoxy groups -OCH3 is 1. The Kier molecular flexibility index (Phi) is 3.97. The first kappa shape index (κ1) is 17.3. The fourth-order valence-electron chi connectivity index (χ4n) is 3.59. The number of anilines is 1. The van der Waals surface area contributed by atoms with Crippen LogP contribution in [0.4, 0.5) is 10.5 Å². The van der Waals surface area contributed by atoms with Crippen LogP contribution < -0.4 is 10.6 Å². The van der Waals surface area contributed by atoms with Crippen molar-refractivity contribution in [1.29, 1.82) is 0 Å². The highest BCUT2D eigenvalue weighted by Gasteiger charge is 2.57. The zero-order valence-corrected chi connectivity index (χ0v) is 14.9. The number of hydrogen-bond acceptors (Lipinski definition) is 4. The summed E-state index contributed by atoms with van der Waals surface area (Å²) in [6.07, 6.45) is 0.208. The Morgan fingerprint density at radius 1 is 1.32 bits per heavy atom. The third kappa shape index (κ3) is 2.83. The van der Waals surface area contributed by atoms with Crippen LogP contribution in [0.25, 0.3) is 0 Å². The number of benzene rings is 1. The number of esters is 1. The molecular weight excluding hydrogens is 322 g/mol. The predicted octanol–water partition coefficient (Wildman–Crippen LogP) is 1.63. The summed E-state index contributed by atoms with van der Waals surface area (Å²) in [7, 11) is 1.29. The molecule has 0 aliphatic carbocycles. The second kappa shape index (κ2) is 5.75. The van der Waals surface area contributed by atoms with E-state index in [0.29, 0.717) is 0 Å². The van der Waals surface area contributed by atoms with Gasteiger partial charge in [0.05, 0.1) is 12.5 Å². The summed E-state index contributed by atoms with van der Waals surface area (Å²) in [4.78, 5) is 39.2. The van der Waals surface area contributed by atoms with E-state index in [9.17, 15) is 14.4 Å². The lowest BCUT2D eigenvalue weighted by atomic mass is 9.79. The number of likely N-dealkylation sites (tertiary alicyclic amines) is 1. The minimum atomic E-state index is -0.926. The van der Waals surface area contributed by atoms with E-state index in [-0.39, 0.29) is 24.9 Å². The number of para-hydroxylation sites is 1. The minimum Gasteiger partial charge on any atom is -0.467 e. The van der Waals surface area contributed by atoms with Gasteiger partial charge in [0.15, 0.2) is 0 Å². The predicted molar refractivity (Wildman–Crippen MR) is 92.2 cm³/mol. The number of nitrogens with zero attached hydrogens (tertiary/aromatic N) is 1. The van der Waals surface area contributed by atoms with Crippen LogP contribution in [0.3, 0.4) is 0 Å². The van der Waals surface area contributed by atoms with Gasteiger partial charge in [0.2, 0.25) is 5.91 Å². The van der Waals surface area contributed by atoms with Gasteiger partial charge in [-0.15, -0.1) is 0 Å². The molecule has 0 saturated carbocycles. The number of urea groups is 1. The van der Waals surface area contributed by atoms with Gasteiger partial charge in [0.25, 0.3) is 0 Å².